The Labute approximate surface area is 124 Å². The second-order valence-electron chi connectivity index (χ2n) is 5.87. The fourth-order valence-corrected chi connectivity index (χ4v) is 3.27. The van der Waals surface area contributed by atoms with Crippen molar-refractivity contribution in [1.82, 2.24) is 9.80 Å². The summed E-state index contributed by atoms with van der Waals surface area (Å²) in [5.74, 6) is -0.0255. The number of amides is 2. The van der Waals surface area contributed by atoms with Gasteiger partial charge in [0.2, 0.25) is 0 Å². The largest absolute Gasteiger partial charge is 0.398 e. The highest BCUT2D eigenvalue weighted by atomic mass is 16.2. The van der Waals surface area contributed by atoms with Crippen molar-refractivity contribution in [2.24, 2.45) is 5.92 Å². The summed E-state index contributed by atoms with van der Waals surface area (Å²) >= 11 is 0. The van der Waals surface area contributed by atoms with Crippen LogP contribution in [-0.2, 0) is 0 Å². The van der Waals surface area contributed by atoms with Gasteiger partial charge in [-0.2, -0.15) is 0 Å². The van der Waals surface area contributed by atoms with Gasteiger partial charge < -0.3 is 10.6 Å². The minimum absolute atomic E-state index is 0.194. The molecule has 1 saturated heterocycles. The predicted molar refractivity (Wildman–Crippen MR) is 81.1 cm³/mol. The third-order valence-corrected chi connectivity index (χ3v) is 4.63. The van der Waals surface area contributed by atoms with Crippen LogP contribution < -0.4 is 5.73 Å². The number of rotatable bonds is 3. The Morgan fingerprint density at radius 2 is 1.90 bits per heavy atom. The van der Waals surface area contributed by atoms with Crippen LogP contribution in [0, 0.1) is 5.92 Å². The fourth-order valence-electron chi connectivity index (χ4n) is 3.27. The number of nitrogens with two attached hydrogens (primary N) is 1. The lowest BCUT2D eigenvalue weighted by molar-refractivity contribution is 0.0600. The Morgan fingerprint density at radius 1 is 1.19 bits per heavy atom. The van der Waals surface area contributed by atoms with E-state index in [4.69, 9.17) is 5.73 Å². The number of piperidine rings is 1. The van der Waals surface area contributed by atoms with Gasteiger partial charge in [-0.05, 0) is 50.5 Å². The molecule has 0 aromatic heterocycles. The van der Waals surface area contributed by atoms with Gasteiger partial charge >= 0.3 is 0 Å². The van der Waals surface area contributed by atoms with E-state index in [1.54, 1.807) is 18.2 Å². The van der Waals surface area contributed by atoms with Gasteiger partial charge in [0.25, 0.3) is 11.8 Å². The minimum Gasteiger partial charge on any atom is -0.398 e. The summed E-state index contributed by atoms with van der Waals surface area (Å²) in [5.41, 5.74) is 7.08. The molecule has 1 aromatic carbocycles. The average molecular weight is 287 g/mol. The molecule has 0 radical (unpaired) electrons. The number of likely N-dealkylation sites (tertiary alicyclic amines) is 1. The van der Waals surface area contributed by atoms with E-state index in [9.17, 15) is 9.59 Å². The second kappa shape index (κ2) is 5.48. The van der Waals surface area contributed by atoms with E-state index in [-0.39, 0.29) is 11.8 Å². The summed E-state index contributed by atoms with van der Waals surface area (Å²) in [6.07, 6.45) is 2.08. The van der Waals surface area contributed by atoms with Gasteiger partial charge in [0, 0.05) is 12.2 Å². The van der Waals surface area contributed by atoms with Crippen molar-refractivity contribution in [3.63, 3.8) is 0 Å². The molecule has 2 aliphatic rings. The number of imide groups is 1. The molecule has 0 saturated carbocycles. The van der Waals surface area contributed by atoms with Crippen LogP contribution in [-0.4, -0.2) is 47.8 Å². The number of hydrogen-bond donors (Lipinski definition) is 1. The zero-order chi connectivity index (χ0) is 15.0. The van der Waals surface area contributed by atoms with E-state index in [0.29, 0.717) is 29.3 Å². The first-order valence-corrected chi connectivity index (χ1v) is 7.58. The number of nitrogen functional groups attached to an aromatic ring is 1. The number of fused-ring (bicyclic) bond motifs is 1. The zero-order valence-electron chi connectivity index (χ0n) is 12.3. The van der Waals surface area contributed by atoms with E-state index in [1.807, 2.05) is 0 Å². The Hall–Kier alpha value is -1.88. The smallest absolute Gasteiger partial charge is 0.263 e. The van der Waals surface area contributed by atoms with Gasteiger partial charge in [0.1, 0.15) is 0 Å². The summed E-state index contributed by atoms with van der Waals surface area (Å²) in [6.45, 7) is 5.84. The number of hydrogen-bond acceptors (Lipinski definition) is 4. The molecular formula is C16H21N3O2. The Bertz CT molecular complexity index is 577. The summed E-state index contributed by atoms with van der Waals surface area (Å²) in [4.78, 5) is 28.6. The molecule has 2 N–H and O–H groups in total. The maximum Gasteiger partial charge on any atom is 0.263 e. The van der Waals surface area contributed by atoms with Crippen molar-refractivity contribution in [2.45, 2.75) is 19.8 Å². The Kier molecular flexibility index (Phi) is 3.68. The molecule has 1 fully saturated rings. The van der Waals surface area contributed by atoms with Gasteiger partial charge in [-0.3, -0.25) is 14.5 Å². The molecule has 2 aliphatic heterocycles. The van der Waals surface area contributed by atoms with Crippen LogP contribution in [0.2, 0.25) is 0 Å². The second-order valence-corrected chi connectivity index (χ2v) is 5.87. The SMILES string of the molecule is CCN1CCC(CN2C(=O)c3cccc(N)c3C2=O)CC1. The van der Waals surface area contributed by atoms with Gasteiger partial charge in [0.15, 0.2) is 0 Å². The molecule has 0 unspecified atom stereocenters. The molecule has 112 valence electrons. The average Bonchev–Trinajstić information content (AvgIpc) is 2.74. The monoisotopic (exact) mass is 287 g/mol. The van der Waals surface area contributed by atoms with E-state index in [2.05, 4.69) is 11.8 Å². The molecule has 3 rings (SSSR count). The van der Waals surface area contributed by atoms with Crippen LogP contribution in [0.25, 0.3) is 0 Å². The standard InChI is InChI=1S/C16H21N3O2/c1-2-18-8-6-11(7-9-18)10-19-15(20)12-4-3-5-13(17)14(12)16(19)21/h3-5,11H,2,6-10,17H2,1H3. The van der Waals surface area contributed by atoms with Gasteiger partial charge in [-0.25, -0.2) is 0 Å². The predicted octanol–water partition coefficient (Wildman–Crippen LogP) is 1.60. The zero-order valence-corrected chi connectivity index (χ0v) is 12.3. The normalized spacial score (nSPS) is 20.1. The highest BCUT2D eigenvalue weighted by Gasteiger charge is 2.38. The van der Waals surface area contributed by atoms with Crippen molar-refractivity contribution in [3.8, 4) is 0 Å². The molecule has 2 heterocycles. The van der Waals surface area contributed by atoms with Crippen molar-refractivity contribution in [3.05, 3.63) is 29.3 Å². The van der Waals surface area contributed by atoms with Crippen molar-refractivity contribution >= 4 is 17.5 Å². The maximum absolute atomic E-state index is 12.4. The lowest BCUT2D eigenvalue weighted by atomic mass is 9.96. The number of benzene rings is 1. The first kappa shape index (κ1) is 14.1. The van der Waals surface area contributed by atoms with Crippen molar-refractivity contribution in [1.29, 1.82) is 0 Å². The Balaban J connectivity index is 1.73. The molecule has 0 atom stereocenters. The highest BCUT2D eigenvalue weighted by Crippen LogP contribution is 2.29. The lowest BCUT2D eigenvalue weighted by Crippen LogP contribution is -2.40. The molecular weight excluding hydrogens is 266 g/mol. The number of carbonyl (C=O) groups is 2. The fraction of sp³-hybridized carbons (Fsp3) is 0.500. The van der Waals surface area contributed by atoms with E-state index in [1.165, 1.54) is 4.90 Å². The van der Waals surface area contributed by atoms with Crippen LogP contribution >= 0.6 is 0 Å². The molecule has 2 amide bonds. The van der Waals surface area contributed by atoms with E-state index >= 15 is 0 Å². The lowest BCUT2D eigenvalue weighted by Gasteiger charge is -2.32. The van der Waals surface area contributed by atoms with Gasteiger partial charge in [-0.1, -0.05) is 13.0 Å². The Morgan fingerprint density at radius 3 is 2.52 bits per heavy atom. The topological polar surface area (TPSA) is 66.6 Å². The summed E-state index contributed by atoms with van der Waals surface area (Å²) in [5, 5.41) is 0. The number of anilines is 1. The summed E-state index contributed by atoms with van der Waals surface area (Å²) < 4.78 is 0. The van der Waals surface area contributed by atoms with Gasteiger partial charge in [-0.15, -0.1) is 0 Å². The summed E-state index contributed by atoms with van der Waals surface area (Å²) in [7, 11) is 0. The third kappa shape index (κ3) is 2.42. The molecule has 1 aromatic rings. The minimum atomic E-state index is -0.231. The summed E-state index contributed by atoms with van der Waals surface area (Å²) in [6, 6.07) is 5.08. The molecule has 21 heavy (non-hydrogen) atoms. The first-order chi connectivity index (χ1) is 10.1. The van der Waals surface area contributed by atoms with Crippen molar-refractivity contribution in [2.75, 3.05) is 31.9 Å². The number of carbonyl (C=O) groups excluding carboxylic acids is 2. The molecule has 0 spiro atoms. The highest BCUT2D eigenvalue weighted by molar-refractivity contribution is 6.23. The van der Waals surface area contributed by atoms with E-state index < -0.39 is 0 Å². The molecule has 5 heteroatoms. The van der Waals surface area contributed by atoms with Gasteiger partial charge in [0.05, 0.1) is 11.1 Å². The maximum atomic E-state index is 12.4. The van der Waals surface area contributed by atoms with Crippen LogP contribution in [0.4, 0.5) is 5.69 Å². The van der Waals surface area contributed by atoms with Crippen LogP contribution in [0.3, 0.4) is 0 Å². The van der Waals surface area contributed by atoms with Crippen LogP contribution in [0.1, 0.15) is 40.5 Å². The van der Waals surface area contributed by atoms with Crippen LogP contribution in [0.5, 0.6) is 0 Å². The van der Waals surface area contributed by atoms with E-state index in [0.717, 1.165) is 32.5 Å². The first-order valence-electron chi connectivity index (χ1n) is 7.58. The van der Waals surface area contributed by atoms with Crippen LogP contribution in [0.15, 0.2) is 18.2 Å². The molecule has 5 nitrogen and oxygen atoms in total. The van der Waals surface area contributed by atoms with Crippen molar-refractivity contribution < 1.29 is 9.59 Å². The quantitative estimate of drug-likeness (QED) is 0.677. The third-order valence-electron chi connectivity index (χ3n) is 4.63. The molecule has 0 aliphatic carbocycles. The number of nitrogens with zero attached hydrogens (tertiary/aromatic N) is 2. The molecule has 0 bridgehead atoms.